The molecule has 0 aromatic rings. The van der Waals surface area contributed by atoms with Crippen LogP contribution in [0.25, 0.3) is 0 Å². The number of carbonyl (C=O) groups excluding carboxylic acids is 4. The summed E-state index contributed by atoms with van der Waals surface area (Å²) in [4.78, 5) is 53.6. The fourth-order valence-electron chi connectivity index (χ4n) is 4.59. The second-order valence-electron chi connectivity index (χ2n) is 9.13. The third-order valence-corrected chi connectivity index (χ3v) is 6.43. The molecule has 2 rings (SSSR count). The molecule has 11 N–H and O–H groups in total. The molecule has 0 aliphatic carbocycles. The van der Waals surface area contributed by atoms with Crippen LogP contribution in [0.1, 0.15) is 51.4 Å². The van der Waals surface area contributed by atoms with Crippen molar-refractivity contribution in [2.24, 2.45) is 17.2 Å². The molecule has 2 saturated heterocycles. The van der Waals surface area contributed by atoms with Crippen molar-refractivity contribution in [3.8, 4) is 0 Å². The third-order valence-electron chi connectivity index (χ3n) is 6.43. The molecule has 14 heteroatoms. The minimum atomic E-state index is -0.885. The molecule has 201 valence electrons. The van der Waals surface area contributed by atoms with E-state index in [2.05, 4.69) is 16.0 Å². The van der Waals surface area contributed by atoms with E-state index in [0.717, 1.165) is 0 Å². The first-order chi connectivity index (χ1) is 17.1. The summed E-state index contributed by atoms with van der Waals surface area (Å²) in [7, 11) is 0. The number of amides is 3. The van der Waals surface area contributed by atoms with Crippen LogP contribution in [0.3, 0.4) is 0 Å². The Balaban J connectivity index is 2.02. The molecule has 36 heavy (non-hydrogen) atoms. The zero-order valence-corrected chi connectivity index (χ0v) is 20.6. The Morgan fingerprint density at radius 3 is 2.11 bits per heavy atom. The van der Waals surface area contributed by atoms with E-state index in [9.17, 15) is 19.2 Å². The van der Waals surface area contributed by atoms with Gasteiger partial charge in [-0.3, -0.25) is 30.0 Å². The molecule has 0 unspecified atom stereocenters. The number of hydrogen-bond acceptors (Lipinski definition) is 7. The summed E-state index contributed by atoms with van der Waals surface area (Å²) in [6.45, 7) is 1.57. The van der Waals surface area contributed by atoms with Crippen molar-refractivity contribution < 1.29 is 19.2 Å². The predicted molar refractivity (Wildman–Crippen MR) is 133 cm³/mol. The third kappa shape index (κ3) is 8.36. The molecule has 3 amide bonds. The highest BCUT2D eigenvalue weighted by Gasteiger charge is 2.39. The predicted octanol–water partition coefficient (Wildman–Crippen LogP) is -2.58. The first kappa shape index (κ1) is 28.8. The van der Waals surface area contributed by atoms with Crippen LogP contribution in [0.5, 0.6) is 0 Å². The number of rotatable bonds is 13. The molecule has 2 fully saturated rings. The van der Waals surface area contributed by atoms with Gasteiger partial charge in [0, 0.05) is 26.2 Å². The van der Waals surface area contributed by atoms with Gasteiger partial charge in [0.25, 0.3) is 0 Å². The Bertz CT molecular complexity index is 823. The number of likely N-dealkylation sites (tertiary alicyclic amines) is 2. The molecule has 2 aliphatic rings. The fourth-order valence-corrected chi connectivity index (χ4v) is 4.59. The van der Waals surface area contributed by atoms with Crippen molar-refractivity contribution in [2.75, 3.05) is 26.2 Å². The lowest BCUT2D eigenvalue weighted by molar-refractivity contribution is -0.141. The second kappa shape index (κ2) is 14.2. The van der Waals surface area contributed by atoms with Gasteiger partial charge in [0.05, 0.1) is 12.1 Å². The standard InChI is InChI=1S/C22H39N10O4/c23-15(6-1-9-28-21(24)25)19(35)32-12-4-8-17(32)18(34)30-16(7-2-10-29-22(26)27)20(36)31-11-3-5-14(31)13-33/h14-17H,1-12,23H2,(H,30,34)(H4,24,25,28)(H4,26,27,29)/t14-,15-,16-,17-/m0/s1. The zero-order valence-electron chi connectivity index (χ0n) is 20.6. The maximum absolute atomic E-state index is 13.2. The summed E-state index contributed by atoms with van der Waals surface area (Å²) in [6, 6.07) is -3.05. The molecule has 4 atom stereocenters. The maximum Gasteiger partial charge on any atom is 0.245 e. The van der Waals surface area contributed by atoms with Crippen LogP contribution < -0.4 is 33.2 Å². The number of nitrogens with zero attached hydrogens (tertiary/aromatic N) is 2. The molecular weight excluding hydrogens is 468 g/mol. The largest absolute Gasteiger partial charge is 0.370 e. The average molecular weight is 508 g/mol. The van der Waals surface area contributed by atoms with Crippen molar-refractivity contribution in [1.82, 2.24) is 25.8 Å². The lowest BCUT2D eigenvalue weighted by atomic mass is 10.1. The average Bonchev–Trinajstić information content (AvgIpc) is 3.52. The first-order valence-corrected chi connectivity index (χ1v) is 12.4. The molecule has 0 saturated carbocycles. The second-order valence-corrected chi connectivity index (χ2v) is 9.13. The summed E-state index contributed by atoms with van der Waals surface area (Å²) in [5.41, 5.74) is 16.6. The van der Waals surface area contributed by atoms with Crippen LogP contribution in [0.2, 0.25) is 0 Å². The van der Waals surface area contributed by atoms with Crippen molar-refractivity contribution in [1.29, 1.82) is 10.8 Å². The molecule has 0 aromatic heterocycles. The van der Waals surface area contributed by atoms with E-state index in [1.54, 1.807) is 0 Å². The zero-order chi connectivity index (χ0) is 26.7. The Morgan fingerprint density at radius 2 is 1.50 bits per heavy atom. The minimum Gasteiger partial charge on any atom is -0.370 e. The molecule has 2 heterocycles. The summed E-state index contributed by atoms with van der Waals surface area (Å²) >= 11 is 0. The van der Waals surface area contributed by atoms with E-state index in [-0.39, 0.29) is 30.2 Å². The topological polar surface area (TPSA) is 237 Å². The Morgan fingerprint density at radius 1 is 0.917 bits per heavy atom. The van der Waals surface area contributed by atoms with Crippen molar-refractivity contribution in [3.05, 3.63) is 0 Å². The summed E-state index contributed by atoms with van der Waals surface area (Å²) in [5, 5.41) is 22.6. The van der Waals surface area contributed by atoms with Gasteiger partial charge in [-0.25, -0.2) is 0 Å². The van der Waals surface area contributed by atoms with E-state index in [4.69, 9.17) is 28.0 Å². The summed E-state index contributed by atoms with van der Waals surface area (Å²) in [5.74, 6) is -1.47. The number of guanidine groups is 2. The Kier molecular flexibility index (Phi) is 11.4. The number of nitrogens with two attached hydrogens (primary N) is 3. The molecule has 0 bridgehead atoms. The highest BCUT2D eigenvalue weighted by atomic mass is 16.2. The van der Waals surface area contributed by atoms with Crippen molar-refractivity contribution in [2.45, 2.75) is 75.5 Å². The quantitative estimate of drug-likeness (QED) is 0.0740. The lowest BCUT2D eigenvalue weighted by Crippen LogP contribution is -2.56. The fraction of sp³-hybridized carbons (Fsp3) is 0.727. The highest BCUT2D eigenvalue weighted by Crippen LogP contribution is 2.21. The molecule has 0 aromatic carbocycles. The highest BCUT2D eigenvalue weighted by molar-refractivity contribution is 5.94. The lowest BCUT2D eigenvalue weighted by Gasteiger charge is -2.30. The Hall–Kier alpha value is -3.42. The van der Waals surface area contributed by atoms with Crippen LogP contribution in [-0.2, 0) is 19.2 Å². The van der Waals surface area contributed by atoms with Crippen LogP contribution in [0.4, 0.5) is 0 Å². The molecule has 1 radical (unpaired) electrons. The summed E-state index contributed by atoms with van der Waals surface area (Å²) < 4.78 is 0. The molecule has 2 aliphatic heterocycles. The van der Waals surface area contributed by atoms with E-state index in [1.165, 1.54) is 9.80 Å². The van der Waals surface area contributed by atoms with Crippen LogP contribution in [0.15, 0.2) is 0 Å². The van der Waals surface area contributed by atoms with E-state index >= 15 is 0 Å². The first-order valence-electron chi connectivity index (χ1n) is 12.4. The van der Waals surface area contributed by atoms with E-state index in [0.29, 0.717) is 71.1 Å². The monoisotopic (exact) mass is 507 g/mol. The Labute approximate surface area is 211 Å². The van der Waals surface area contributed by atoms with Crippen LogP contribution in [-0.4, -0.2) is 96.1 Å². The smallest absolute Gasteiger partial charge is 0.245 e. The van der Waals surface area contributed by atoms with Gasteiger partial charge in [0.1, 0.15) is 12.1 Å². The van der Waals surface area contributed by atoms with Crippen molar-refractivity contribution in [3.63, 3.8) is 0 Å². The number of carbonyl (C=O) groups is 3. The molecular formula is C22H39N10O4. The van der Waals surface area contributed by atoms with Crippen LogP contribution >= 0.6 is 0 Å². The number of hydrogen-bond donors (Lipinski definition) is 8. The number of nitrogens with one attached hydrogen (secondary N) is 5. The summed E-state index contributed by atoms with van der Waals surface area (Å²) in [6.07, 6.45) is 5.83. The van der Waals surface area contributed by atoms with Gasteiger partial charge in [0.15, 0.2) is 11.9 Å². The van der Waals surface area contributed by atoms with E-state index < -0.39 is 30.1 Å². The van der Waals surface area contributed by atoms with Gasteiger partial charge < -0.3 is 43.0 Å². The van der Waals surface area contributed by atoms with Gasteiger partial charge in [-0.05, 0) is 51.4 Å². The minimum absolute atomic E-state index is 0.154. The van der Waals surface area contributed by atoms with Gasteiger partial charge in [-0.2, -0.15) is 0 Å². The molecule has 14 nitrogen and oxygen atoms in total. The molecule has 0 spiro atoms. The van der Waals surface area contributed by atoms with Gasteiger partial charge in [-0.15, -0.1) is 0 Å². The normalized spacial score (nSPS) is 20.9. The maximum atomic E-state index is 13.2. The SMILES string of the molecule is N=C(N)NCCC[C@H](NC(=O)[C@@H]1CCCN1C(=O)[C@@H](N)CCCNC(=N)N)C(=O)N1CCC[C@H]1[C]=O. The van der Waals surface area contributed by atoms with Gasteiger partial charge >= 0.3 is 0 Å². The van der Waals surface area contributed by atoms with E-state index in [1.807, 2.05) is 6.29 Å². The van der Waals surface area contributed by atoms with Gasteiger partial charge in [0.2, 0.25) is 24.0 Å². The van der Waals surface area contributed by atoms with Crippen LogP contribution in [0, 0.1) is 10.8 Å². The van der Waals surface area contributed by atoms with Gasteiger partial charge in [-0.1, -0.05) is 0 Å². The van der Waals surface area contributed by atoms with Crippen molar-refractivity contribution >= 4 is 35.9 Å².